The SMILES string of the molecule is O=C(NC1CCS(=O)(=O)C1)c1ccnc(Nc2cccc(C(F)(F)F)c2)c1. The number of amides is 1. The Morgan fingerprint density at radius 1 is 1.19 bits per heavy atom. The number of nitrogens with one attached hydrogen (secondary N) is 2. The van der Waals surface area contributed by atoms with Crippen LogP contribution in [-0.2, 0) is 16.0 Å². The van der Waals surface area contributed by atoms with E-state index < -0.39 is 33.5 Å². The number of alkyl halides is 3. The molecule has 0 aliphatic carbocycles. The van der Waals surface area contributed by atoms with Crippen LogP contribution >= 0.6 is 0 Å². The van der Waals surface area contributed by atoms with E-state index in [0.29, 0.717) is 6.42 Å². The van der Waals surface area contributed by atoms with Crippen LogP contribution in [0.25, 0.3) is 0 Å². The zero-order valence-electron chi connectivity index (χ0n) is 14.0. The summed E-state index contributed by atoms with van der Waals surface area (Å²) in [6.07, 6.45) is -2.76. The number of hydrogen-bond donors (Lipinski definition) is 2. The maximum absolute atomic E-state index is 12.8. The fourth-order valence-corrected chi connectivity index (χ4v) is 4.41. The van der Waals surface area contributed by atoms with Crippen LogP contribution in [0.3, 0.4) is 0 Å². The molecule has 3 rings (SSSR count). The van der Waals surface area contributed by atoms with Gasteiger partial charge in [0.1, 0.15) is 5.82 Å². The third kappa shape index (κ3) is 4.97. The van der Waals surface area contributed by atoms with Gasteiger partial charge in [-0.3, -0.25) is 4.79 Å². The lowest BCUT2D eigenvalue weighted by Crippen LogP contribution is -2.35. The van der Waals surface area contributed by atoms with Gasteiger partial charge < -0.3 is 10.6 Å². The number of aromatic nitrogens is 1. The number of anilines is 2. The molecule has 2 aromatic rings. The van der Waals surface area contributed by atoms with Crippen molar-refractivity contribution >= 4 is 27.2 Å². The summed E-state index contributed by atoms with van der Waals surface area (Å²) >= 11 is 0. The molecule has 0 radical (unpaired) electrons. The van der Waals surface area contributed by atoms with E-state index in [1.165, 1.54) is 30.5 Å². The van der Waals surface area contributed by atoms with Gasteiger partial charge in [-0.05, 0) is 36.8 Å². The fraction of sp³-hybridized carbons (Fsp3) is 0.294. The molecular formula is C17H16F3N3O3S. The molecule has 0 spiro atoms. The number of benzene rings is 1. The van der Waals surface area contributed by atoms with E-state index in [1.807, 2.05) is 0 Å². The van der Waals surface area contributed by atoms with Crippen LogP contribution in [0.15, 0.2) is 42.6 Å². The van der Waals surface area contributed by atoms with E-state index >= 15 is 0 Å². The molecule has 0 saturated carbocycles. The number of halogens is 3. The molecule has 1 atom stereocenters. The quantitative estimate of drug-likeness (QED) is 0.826. The average molecular weight is 399 g/mol. The van der Waals surface area contributed by atoms with Gasteiger partial charge in [0.05, 0.1) is 17.1 Å². The van der Waals surface area contributed by atoms with Crippen LogP contribution in [-0.4, -0.2) is 36.9 Å². The van der Waals surface area contributed by atoms with Crippen LogP contribution in [0, 0.1) is 0 Å². The Labute approximate surface area is 153 Å². The number of carbonyl (C=O) groups is 1. The van der Waals surface area contributed by atoms with Crippen molar-refractivity contribution < 1.29 is 26.4 Å². The van der Waals surface area contributed by atoms with E-state index in [1.54, 1.807) is 0 Å². The highest BCUT2D eigenvalue weighted by atomic mass is 32.2. The first-order chi connectivity index (χ1) is 12.6. The van der Waals surface area contributed by atoms with Crippen molar-refractivity contribution in [1.82, 2.24) is 10.3 Å². The first-order valence-electron chi connectivity index (χ1n) is 8.04. The predicted octanol–water partition coefficient (Wildman–Crippen LogP) is 2.76. The summed E-state index contributed by atoms with van der Waals surface area (Å²) in [5, 5.41) is 5.38. The first-order valence-corrected chi connectivity index (χ1v) is 9.86. The number of rotatable bonds is 4. The molecule has 2 N–H and O–H groups in total. The lowest BCUT2D eigenvalue weighted by molar-refractivity contribution is -0.137. The highest BCUT2D eigenvalue weighted by Crippen LogP contribution is 2.31. The summed E-state index contributed by atoms with van der Waals surface area (Å²) in [6.45, 7) is 0. The smallest absolute Gasteiger partial charge is 0.348 e. The summed E-state index contributed by atoms with van der Waals surface area (Å²) < 4.78 is 61.3. The summed E-state index contributed by atoms with van der Waals surface area (Å²) in [5.41, 5.74) is -0.399. The Hall–Kier alpha value is -2.62. The summed E-state index contributed by atoms with van der Waals surface area (Å²) in [4.78, 5) is 16.3. The van der Waals surface area contributed by atoms with Crippen LogP contribution in [0.1, 0.15) is 22.3 Å². The van der Waals surface area contributed by atoms with Gasteiger partial charge >= 0.3 is 6.18 Å². The second-order valence-electron chi connectivity index (χ2n) is 6.21. The molecule has 1 saturated heterocycles. The van der Waals surface area contributed by atoms with Crippen molar-refractivity contribution in [3.63, 3.8) is 0 Å². The van der Waals surface area contributed by atoms with E-state index in [9.17, 15) is 26.4 Å². The van der Waals surface area contributed by atoms with Gasteiger partial charge in [-0.15, -0.1) is 0 Å². The molecule has 27 heavy (non-hydrogen) atoms. The molecule has 0 bridgehead atoms. The fourth-order valence-electron chi connectivity index (χ4n) is 2.74. The van der Waals surface area contributed by atoms with E-state index in [4.69, 9.17) is 0 Å². The van der Waals surface area contributed by atoms with E-state index in [0.717, 1.165) is 12.1 Å². The first kappa shape index (κ1) is 19.2. The minimum absolute atomic E-state index is 0.0383. The average Bonchev–Trinajstić information content (AvgIpc) is 2.93. The van der Waals surface area contributed by atoms with Gasteiger partial charge in [0.15, 0.2) is 9.84 Å². The van der Waals surface area contributed by atoms with Crippen molar-refractivity contribution in [3.05, 3.63) is 53.7 Å². The molecule has 1 amide bonds. The van der Waals surface area contributed by atoms with Gasteiger partial charge in [0.2, 0.25) is 0 Å². The zero-order valence-corrected chi connectivity index (χ0v) is 14.8. The molecule has 144 valence electrons. The van der Waals surface area contributed by atoms with Gasteiger partial charge in [-0.1, -0.05) is 6.07 Å². The Morgan fingerprint density at radius 2 is 1.96 bits per heavy atom. The van der Waals surface area contributed by atoms with Crippen LogP contribution in [0.5, 0.6) is 0 Å². The highest BCUT2D eigenvalue weighted by molar-refractivity contribution is 7.91. The van der Waals surface area contributed by atoms with Crippen molar-refractivity contribution in [3.8, 4) is 0 Å². The second-order valence-corrected chi connectivity index (χ2v) is 8.44. The Balaban J connectivity index is 1.71. The maximum Gasteiger partial charge on any atom is 0.416 e. The summed E-state index contributed by atoms with van der Waals surface area (Å²) in [7, 11) is -3.12. The Morgan fingerprint density at radius 3 is 2.63 bits per heavy atom. The normalized spacial score (nSPS) is 18.9. The number of sulfone groups is 1. The molecule has 2 heterocycles. The molecule has 1 fully saturated rings. The zero-order chi connectivity index (χ0) is 19.7. The molecule has 6 nitrogen and oxygen atoms in total. The van der Waals surface area contributed by atoms with Crippen molar-refractivity contribution in [2.45, 2.75) is 18.6 Å². The summed E-state index contributed by atoms with van der Waals surface area (Å²) in [5.74, 6) is -0.330. The van der Waals surface area contributed by atoms with Gasteiger partial charge in [-0.2, -0.15) is 13.2 Å². The largest absolute Gasteiger partial charge is 0.416 e. The third-order valence-corrected chi connectivity index (χ3v) is 5.82. The van der Waals surface area contributed by atoms with Gasteiger partial charge in [0.25, 0.3) is 5.91 Å². The van der Waals surface area contributed by atoms with Crippen LogP contribution < -0.4 is 10.6 Å². The number of carbonyl (C=O) groups excluding carboxylic acids is 1. The van der Waals surface area contributed by atoms with E-state index in [2.05, 4.69) is 15.6 Å². The van der Waals surface area contributed by atoms with Crippen LogP contribution in [0.2, 0.25) is 0 Å². The number of hydrogen-bond acceptors (Lipinski definition) is 5. The molecule has 1 aliphatic rings. The van der Waals surface area contributed by atoms with Gasteiger partial charge in [0, 0.05) is 23.5 Å². The minimum Gasteiger partial charge on any atom is -0.348 e. The summed E-state index contributed by atoms with van der Waals surface area (Å²) in [6, 6.07) is 7.00. The van der Waals surface area contributed by atoms with Crippen molar-refractivity contribution in [1.29, 1.82) is 0 Å². The van der Waals surface area contributed by atoms with Crippen molar-refractivity contribution in [2.75, 3.05) is 16.8 Å². The predicted molar refractivity (Wildman–Crippen MR) is 93.5 cm³/mol. The lowest BCUT2D eigenvalue weighted by atomic mass is 10.2. The third-order valence-electron chi connectivity index (χ3n) is 4.05. The topological polar surface area (TPSA) is 88.2 Å². The molecule has 10 heteroatoms. The highest BCUT2D eigenvalue weighted by Gasteiger charge is 2.31. The lowest BCUT2D eigenvalue weighted by Gasteiger charge is -2.12. The molecule has 1 unspecified atom stereocenters. The molecular weight excluding hydrogens is 383 g/mol. The Bertz CT molecular complexity index is 961. The number of pyridine rings is 1. The monoisotopic (exact) mass is 399 g/mol. The number of nitrogens with zero attached hydrogens (tertiary/aromatic N) is 1. The minimum atomic E-state index is -4.46. The van der Waals surface area contributed by atoms with Gasteiger partial charge in [-0.25, -0.2) is 13.4 Å². The van der Waals surface area contributed by atoms with Crippen LogP contribution in [0.4, 0.5) is 24.7 Å². The standard InChI is InChI=1S/C17H16F3N3O3S/c18-17(19,20)12-2-1-3-13(9-12)22-15-8-11(4-6-21-15)16(24)23-14-5-7-27(25,26)10-14/h1-4,6,8-9,14H,5,7,10H2,(H,21,22)(H,23,24). The second kappa shape index (κ2) is 7.18. The molecule has 1 aliphatic heterocycles. The van der Waals surface area contributed by atoms with E-state index in [-0.39, 0.29) is 28.6 Å². The van der Waals surface area contributed by atoms with Crippen molar-refractivity contribution in [2.24, 2.45) is 0 Å². The Kier molecular flexibility index (Phi) is 5.09. The molecule has 1 aromatic heterocycles. The molecule has 1 aromatic carbocycles. The maximum atomic E-state index is 12.8.